The number of amides is 1. The number of hydrogen-bond donors (Lipinski definition) is 2. The van der Waals surface area contributed by atoms with Crippen LogP contribution in [0.1, 0.15) is 17.5 Å². The summed E-state index contributed by atoms with van der Waals surface area (Å²) >= 11 is 0. The number of hydrogen-bond acceptors (Lipinski definition) is 3. The molecule has 0 heterocycles. The summed E-state index contributed by atoms with van der Waals surface area (Å²) < 4.78 is 5.68. The second kappa shape index (κ2) is 7.17. The van der Waals surface area contributed by atoms with E-state index in [9.17, 15) is 9.59 Å². The Morgan fingerprint density at radius 2 is 1.67 bits per heavy atom. The second-order valence-corrected chi connectivity index (χ2v) is 5.92. The SMILES string of the molecule is O=C(O)C1CC1C(=O)NCc1ccc(COc2ccccc2)cc1. The van der Waals surface area contributed by atoms with E-state index in [0.29, 0.717) is 19.6 Å². The van der Waals surface area contributed by atoms with Crippen LogP contribution in [0.4, 0.5) is 0 Å². The van der Waals surface area contributed by atoms with Crippen molar-refractivity contribution in [1.82, 2.24) is 5.32 Å². The molecule has 1 fully saturated rings. The third-order valence-corrected chi connectivity index (χ3v) is 4.08. The van der Waals surface area contributed by atoms with Crippen LogP contribution in [0.15, 0.2) is 54.6 Å². The summed E-state index contributed by atoms with van der Waals surface area (Å²) in [5, 5.41) is 11.6. The lowest BCUT2D eigenvalue weighted by Crippen LogP contribution is -2.25. The van der Waals surface area contributed by atoms with E-state index in [1.165, 1.54) is 0 Å². The smallest absolute Gasteiger partial charge is 0.307 e. The van der Waals surface area contributed by atoms with Crippen molar-refractivity contribution in [1.29, 1.82) is 0 Å². The van der Waals surface area contributed by atoms with E-state index < -0.39 is 11.9 Å². The van der Waals surface area contributed by atoms with Gasteiger partial charge < -0.3 is 15.2 Å². The topological polar surface area (TPSA) is 75.6 Å². The molecule has 5 heteroatoms. The predicted molar refractivity (Wildman–Crippen MR) is 88.3 cm³/mol. The molecule has 24 heavy (non-hydrogen) atoms. The van der Waals surface area contributed by atoms with Crippen molar-refractivity contribution < 1.29 is 19.4 Å². The number of para-hydroxylation sites is 1. The molecule has 2 aromatic carbocycles. The van der Waals surface area contributed by atoms with Crippen molar-refractivity contribution in [3.8, 4) is 5.75 Å². The maximum absolute atomic E-state index is 11.8. The molecule has 0 bridgehead atoms. The molecule has 5 nitrogen and oxygen atoms in total. The maximum Gasteiger partial charge on any atom is 0.307 e. The van der Waals surface area contributed by atoms with E-state index in [2.05, 4.69) is 5.32 Å². The van der Waals surface area contributed by atoms with Crippen molar-refractivity contribution in [3.05, 3.63) is 65.7 Å². The second-order valence-electron chi connectivity index (χ2n) is 5.92. The minimum Gasteiger partial charge on any atom is -0.489 e. The number of aliphatic carboxylic acids is 1. The first kappa shape index (κ1) is 16.1. The zero-order valence-electron chi connectivity index (χ0n) is 13.1. The number of rotatable bonds is 7. The Kier molecular flexibility index (Phi) is 4.79. The van der Waals surface area contributed by atoms with Crippen LogP contribution < -0.4 is 10.1 Å². The largest absolute Gasteiger partial charge is 0.489 e. The van der Waals surface area contributed by atoms with Gasteiger partial charge in [-0.3, -0.25) is 9.59 Å². The van der Waals surface area contributed by atoms with Crippen LogP contribution in [0, 0.1) is 11.8 Å². The lowest BCUT2D eigenvalue weighted by Gasteiger charge is -2.08. The van der Waals surface area contributed by atoms with E-state index in [4.69, 9.17) is 9.84 Å². The number of ether oxygens (including phenoxy) is 1. The molecule has 0 aliphatic heterocycles. The molecule has 3 rings (SSSR count). The lowest BCUT2D eigenvalue weighted by atomic mass is 10.1. The zero-order valence-corrected chi connectivity index (χ0v) is 13.1. The first-order chi connectivity index (χ1) is 11.6. The summed E-state index contributed by atoms with van der Waals surface area (Å²) in [6.45, 7) is 0.889. The Morgan fingerprint density at radius 1 is 1.00 bits per heavy atom. The van der Waals surface area contributed by atoms with Crippen LogP contribution in [0.5, 0.6) is 5.75 Å². The molecule has 1 saturated carbocycles. The van der Waals surface area contributed by atoms with Gasteiger partial charge in [0.15, 0.2) is 0 Å². The van der Waals surface area contributed by atoms with E-state index >= 15 is 0 Å². The highest BCUT2D eigenvalue weighted by Crippen LogP contribution is 2.38. The summed E-state index contributed by atoms with van der Waals surface area (Å²) in [7, 11) is 0. The quantitative estimate of drug-likeness (QED) is 0.820. The number of nitrogens with one attached hydrogen (secondary N) is 1. The average Bonchev–Trinajstić information content (AvgIpc) is 3.41. The first-order valence-corrected chi connectivity index (χ1v) is 7.89. The molecular weight excluding hydrogens is 306 g/mol. The van der Waals surface area contributed by atoms with Gasteiger partial charge in [-0.05, 0) is 29.7 Å². The first-order valence-electron chi connectivity index (χ1n) is 7.89. The summed E-state index contributed by atoms with van der Waals surface area (Å²) in [6.07, 6.45) is 0.441. The third kappa shape index (κ3) is 4.13. The Hall–Kier alpha value is -2.82. The number of carboxylic acids is 1. The van der Waals surface area contributed by atoms with E-state index in [0.717, 1.165) is 16.9 Å². The molecule has 2 aromatic rings. The van der Waals surface area contributed by atoms with Crippen molar-refractivity contribution in [2.75, 3.05) is 0 Å². The fourth-order valence-corrected chi connectivity index (χ4v) is 2.51. The van der Waals surface area contributed by atoms with Gasteiger partial charge in [-0.2, -0.15) is 0 Å². The molecule has 1 aliphatic carbocycles. The number of carboxylic acid groups (broad SMARTS) is 1. The molecule has 124 valence electrons. The van der Waals surface area contributed by atoms with Gasteiger partial charge >= 0.3 is 5.97 Å². The molecular formula is C19H19NO4. The number of benzene rings is 2. The molecule has 0 aromatic heterocycles. The van der Waals surface area contributed by atoms with Gasteiger partial charge in [0.2, 0.25) is 5.91 Å². The Morgan fingerprint density at radius 3 is 2.29 bits per heavy atom. The van der Waals surface area contributed by atoms with E-state index in [-0.39, 0.29) is 11.8 Å². The average molecular weight is 325 g/mol. The van der Waals surface area contributed by atoms with Crippen LogP contribution in [0.3, 0.4) is 0 Å². The molecule has 2 atom stereocenters. The van der Waals surface area contributed by atoms with Gasteiger partial charge in [-0.25, -0.2) is 0 Å². The summed E-state index contributed by atoms with van der Waals surface area (Å²) in [5.41, 5.74) is 2.02. The van der Waals surface area contributed by atoms with E-state index in [1.807, 2.05) is 54.6 Å². The van der Waals surface area contributed by atoms with E-state index in [1.54, 1.807) is 0 Å². The Bertz CT molecular complexity index is 712. The molecule has 0 radical (unpaired) electrons. The van der Waals surface area contributed by atoms with Crippen LogP contribution in [0.25, 0.3) is 0 Å². The van der Waals surface area contributed by atoms with Crippen molar-refractivity contribution >= 4 is 11.9 Å². The molecule has 1 amide bonds. The van der Waals surface area contributed by atoms with Gasteiger partial charge in [0.05, 0.1) is 11.8 Å². The Balaban J connectivity index is 1.45. The van der Waals surface area contributed by atoms with Crippen molar-refractivity contribution in [2.45, 2.75) is 19.6 Å². The highest BCUT2D eigenvalue weighted by atomic mass is 16.5. The summed E-state index contributed by atoms with van der Waals surface area (Å²) in [5.74, 6) is -1.13. The fraction of sp³-hybridized carbons (Fsp3) is 0.263. The van der Waals surface area contributed by atoms with Crippen LogP contribution in [-0.4, -0.2) is 17.0 Å². The molecule has 2 N–H and O–H groups in total. The normalized spacial score (nSPS) is 18.7. The highest BCUT2D eigenvalue weighted by Gasteiger charge is 2.48. The molecule has 2 unspecified atom stereocenters. The van der Waals surface area contributed by atoms with Gasteiger partial charge in [-0.1, -0.05) is 42.5 Å². The van der Waals surface area contributed by atoms with Gasteiger partial charge in [0.25, 0.3) is 0 Å². The molecule has 0 spiro atoms. The Labute approximate surface area is 140 Å². The van der Waals surface area contributed by atoms with Gasteiger partial charge in [-0.15, -0.1) is 0 Å². The molecule has 0 saturated heterocycles. The third-order valence-electron chi connectivity index (χ3n) is 4.08. The summed E-state index contributed by atoms with van der Waals surface area (Å²) in [6, 6.07) is 17.4. The predicted octanol–water partition coefficient (Wildman–Crippen LogP) is 2.60. The monoisotopic (exact) mass is 325 g/mol. The van der Waals surface area contributed by atoms with Gasteiger partial charge in [0.1, 0.15) is 12.4 Å². The maximum atomic E-state index is 11.8. The van der Waals surface area contributed by atoms with Crippen LogP contribution >= 0.6 is 0 Å². The van der Waals surface area contributed by atoms with Crippen molar-refractivity contribution in [3.63, 3.8) is 0 Å². The highest BCUT2D eigenvalue weighted by molar-refractivity contribution is 5.89. The van der Waals surface area contributed by atoms with Crippen molar-refractivity contribution in [2.24, 2.45) is 11.8 Å². The zero-order chi connectivity index (χ0) is 16.9. The standard InChI is InChI=1S/C19H19NO4/c21-18(16-10-17(16)19(22)23)20-11-13-6-8-14(9-7-13)12-24-15-4-2-1-3-5-15/h1-9,16-17H,10-12H2,(H,20,21)(H,22,23). The van der Waals surface area contributed by atoms with Gasteiger partial charge in [0, 0.05) is 6.54 Å². The molecule has 1 aliphatic rings. The van der Waals surface area contributed by atoms with Crippen LogP contribution in [0.2, 0.25) is 0 Å². The summed E-state index contributed by atoms with van der Waals surface area (Å²) in [4.78, 5) is 22.6. The minimum absolute atomic E-state index is 0.182. The minimum atomic E-state index is -0.891. The van der Waals surface area contributed by atoms with Crippen LogP contribution in [-0.2, 0) is 22.7 Å². The fourth-order valence-electron chi connectivity index (χ4n) is 2.51. The number of carbonyl (C=O) groups is 2. The number of carbonyl (C=O) groups excluding carboxylic acids is 1. The lowest BCUT2D eigenvalue weighted by molar-refractivity contribution is -0.140.